The van der Waals surface area contributed by atoms with Crippen molar-refractivity contribution in [2.24, 2.45) is 5.92 Å². The number of benzene rings is 1. The van der Waals surface area contributed by atoms with E-state index in [9.17, 15) is 8.78 Å². The Kier molecular flexibility index (Phi) is 5.69. The molecule has 1 unspecified atom stereocenters. The van der Waals surface area contributed by atoms with Gasteiger partial charge in [0, 0.05) is 30.8 Å². The summed E-state index contributed by atoms with van der Waals surface area (Å²) < 4.78 is 26.1. The van der Waals surface area contributed by atoms with E-state index in [1.54, 1.807) is 0 Å². The summed E-state index contributed by atoms with van der Waals surface area (Å²) in [6.07, 6.45) is 0. The van der Waals surface area contributed by atoms with Gasteiger partial charge in [-0.05, 0) is 26.1 Å². The fourth-order valence-electron chi connectivity index (χ4n) is 2.03. The van der Waals surface area contributed by atoms with Gasteiger partial charge in [-0.1, -0.05) is 19.9 Å². The van der Waals surface area contributed by atoms with E-state index in [2.05, 4.69) is 24.1 Å². The topological polar surface area (TPSA) is 15.3 Å². The standard InChI is InChI=1S/C14H22F2N2/c1-10(2)14(18(3)4)9-17-8-11-5-6-12(15)7-13(11)16/h5-7,10,14,17H,8-9H2,1-4H3. The van der Waals surface area contributed by atoms with Gasteiger partial charge in [-0.15, -0.1) is 0 Å². The van der Waals surface area contributed by atoms with Gasteiger partial charge in [0.2, 0.25) is 0 Å². The van der Waals surface area contributed by atoms with Crippen molar-refractivity contribution >= 4 is 0 Å². The van der Waals surface area contributed by atoms with Gasteiger partial charge in [0.05, 0.1) is 0 Å². The monoisotopic (exact) mass is 256 g/mol. The van der Waals surface area contributed by atoms with Crippen LogP contribution >= 0.6 is 0 Å². The minimum Gasteiger partial charge on any atom is -0.311 e. The first-order chi connectivity index (χ1) is 8.41. The lowest BCUT2D eigenvalue weighted by Crippen LogP contribution is -2.41. The molecule has 0 aliphatic rings. The maximum absolute atomic E-state index is 13.4. The molecule has 0 amide bonds. The molecule has 0 spiro atoms. The molecule has 0 aliphatic heterocycles. The second-order valence-corrected chi connectivity index (χ2v) is 5.14. The third kappa shape index (κ3) is 4.35. The summed E-state index contributed by atoms with van der Waals surface area (Å²) in [5, 5.41) is 3.22. The molecule has 1 aromatic rings. The van der Waals surface area contributed by atoms with Crippen LogP contribution in [0.4, 0.5) is 8.78 Å². The summed E-state index contributed by atoms with van der Waals surface area (Å²) in [4.78, 5) is 2.15. The Bertz CT molecular complexity index is 370. The van der Waals surface area contributed by atoms with Gasteiger partial charge in [0.15, 0.2) is 0 Å². The summed E-state index contributed by atoms with van der Waals surface area (Å²) in [7, 11) is 4.07. The number of halogens is 2. The molecule has 4 heteroatoms. The van der Waals surface area contributed by atoms with Crippen LogP contribution in [-0.2, 0) is 6.54 Å². The van der Waals surface area contributed by atoms with Gasteiger partial charge >= 0.3 is 0 Å². The fraction of sp³-hybridized carbons (Fsp3) is 0.571. The van der Waals surface area contributed by atoms with Gasteiger partial charge in [-0.3, -0.25) is 0 Å². The highest BCUT2D eigenvalue weighted by molar-refractivity contribution is 5.18. The van der Waals surface area contributed by atoms with E-state index in [0.29, 0.717) is 24.1 Å². The molecular weight excluding hydrogens is 234 g/mol. The van der Waals surface area contributed by atoms with E-state index >= 15 is 0 Å². The normalized spacial score (nSPS) is 13.3. The summed E-state index contributed by atoms with van der Waals surface area (Å²) in [6, 6.07) is 4.08. The zero-order chi connectivity index (χ0) is 13.7. The molecule has 0 bridgehead atoms. The summed E-state index contributed by atoms with van der Waals surface area (Å²) >= 11 is 0. The predicted molar refractivity (Wildman–Crippen MR) is 70.4 cm³/mol. The van der Waals surface area contributed by atoms with Crippen molar-refractivity contribution in [3.63, 3.8) is 0 Å². The van der Waals surface area contributed by atoms with E-state index < -0.39 is 11.6 Å². The van der Waals surface area contributed by atoms with E-state index in [1.807, 2.05) is 14.1 Å². The maximum Gasteiger partial charge on any atom is 0.130 e. The molecule has 0 fully saturated rings. The van der Waals surface area contributed by atoms with Crippen molar-refractivity contribution in [3.8, 4) is 0 Å². The average molecular weight is 256 g/mol. The largest absolute Gasteiger partial charge is 0.311 e. The Morgan fingerprint density at radius 1 is 1.22 bits per heavy atom. The molecule has 0 aliphatic carbocycles. The van der Waals surface area contributed by atoms with Crippen LogP contribution in [0, 0.1) is 17.6 Å². The number of nitrogens with zero attached hydrogens (tertiary/aromatic N) is 1. The van der Waals surface area contributed by atoms with Gasteiger partial charge in [0.25, 0.3) is 0 Å². The van der Waals surface area contributed by atoms with Crippen molar-refractivity contribution in [2.75, 3.05) is 20.6 Å². The minimum absolute atomic E-state index is 0.397. The van der Waals surface area contributed by atoms with Crippen molar-refractivity contribution in [1.82, 2.24) is 10.2 Å². The molecule has 0 radical (unpaired) electrons. The molecule has 0 saturated heterocycles. The second kappa shape index (κ2) is 6.81. The lowest BCUT2D eigenvalue weighted by atomic mass is 10.0. The molecule has 1 atom stereocenters. The predicted octanol–water partition coefficient (Wildman–Crippen LogP) is 2.64. The number of likely N-dealkylation sites (N-methyl/N-ethyl adjacent to an activating group) is 1. The van der Waals surface area contributed by atoms with Crippen molar-refractivity contribution in [3.05, 3.63) is 35.4 Å². The molecule has 1 N–H and O–H groups in total. The summed E-state index contributed by atoms with van der Waals surface area (Å²) in [6.45, 7) is 5.51. The quantitative estimate of drug-likeness (QED) is 0.841. The number of rotatable bonds is 6. The van der Waals surface area contributed by atoms with E-state index in [1.165, 1.54) is 12.1 Å². The van der Waals surface area contributed by atoms with Crippen molar-refractivity contribution < 1.29 is 8.78 Å². The molecule has 2 nitrogen and oxygen atoms in total. The maximum atomic E-state index is 13.4. The van der Waals surface area contributed by atoms with Crippen LogP contribution < -0.4 is 5.32 Å². The lowest BCUT2D eigenvalue weighted by molar-refractivity contribution is 0.224. The molecule has 0 saturated carbocycles. The Morgan fingerprint density at radius 2 is 1.89 bits per heavy atom. The van der Waals surface area contributed by atoms with Crippen LogP contribution in [-0.4, -0.2) is 31.6 Å². The number of nitrogens with one attached hydrogen (secondary N) is 1. The highest BCUT2D eigenvalue weighted by Gasteiger charge is 2.15. The van der Waals surface area contributed by atoms with Crippen LogP contribution in [0.3, 0.4) is 0 Å². The fourth-order valence-corrected chi connectivity index (χ4v) is 2.03. The van der Waals surface area contributed by atoms with Crippen LogP contribution in [0.2, 0.25) is 0 Å². The van der Waals surface area contributed by atoms with Gasteiger partial charge in [-0.2, -0.15) is 0 Å². The molecule has 0 aromatic heterocycles. The van der Waals surface area contributed by atoms with Crippen molar-refractivity contribution in [1.29, 1.82) is 0 Å². The SMILES string of the molecule is CC(C)C(CNCc1ccc(F)cc1F)N(C)C. The van der Waals surface area contributed by atoms with E-state index in [0.717, 1.165) is 12.6 Å². The Hall–Kier alpha value is -1.00. The first kappa shape index (κ1) is 15.1. The third-order valence-corrected chi connectivity index (χ3v) is 3.12. The highest BCUT2D eigenvalue weighted by atomic mass is 19.1. The summed E-state index contributed by atoms with van der Waals surface area (Å²) in [5.74, 6) is -0.511. The Balaban J connectivity index is 2.50. The molecular formula is C14H22F2N2. The van der Waals surface area contributed by atoms with E-state index in [-0.39, 0.29) is 0 Å². The molecule has 1 rings (SSSR count). The molecule has 102 valence electrons. The van der Waals surface area contributed by atoms with Gasteiger partial charge < -0.3 is 10.2 Å². The number of hydrogen-bond donors (Lipinski definition) is 1. The lowest BCUT2D eigenvalue weighted by Gasteiger charge is -2.28. The third-order valence-electron chi connectivity index (χ3n) is 3.12. The Labute approximate surface area is 108 Å². The second-order valence-electron chi connectivity index (χ2n) is 5.14. The molecule has 18 heavy (non-hydrogen) atoms. The van der Waals surface area contributed by atoms with Crippen molar-refractivity contribution in [2.45, 2.75) is 26.4 Å². The average Bonchev–Trinajstić information content (AvgIpc) is 2.25. The Morgan fingerprint density at radius 3 is 2.39 bits per heavy atom. The van der Waals surface area contributed by atoms with Crippen LogP contribution in [0.15, 0.2) is 18.2 Å². The highest BCUT2D eigenvalue weighted by Crippen LogP contribution is 2.10. The van der Waals surface area contributed by atoms with Gasteiger partial charge in [-0.25, -0.2) is 8.78 Å². The molecule has 1 aromatic carbocycles. The van der Waals surface area contributed by atoms with Crippen LogP contribution in [0.25, 0.3) is 0 Å². The first-order valence-corrected chi connectivity index (χ1v) is 6.23. The zero-order valence-corrected chi connectivity index (χ0v) is 11.5. The minimum atomic E-state index is -0.537. The van der Waals surface area contributed by atoms with Crippen LogP contribution in [0.5, 0.6) is 0 Å². The zero-order valence-electron chi connectivity index (χ0n) is 11.5. The van der Waals surface area contributed by atoms with E-state index in [4.69, 9.17) is 0 Å². The van der Waals surface area contributed by atoms with Gasteiger partial charge in [0.1, 0.15) is 11.6 Å². The summed E-state index contributed by atoms with van der Waals surface area (Å²) in [5.41, 5.74) is 0.498. The first-order valence-electron chi connectivity index (χ1n) is 6.23. The number of hydrogen-bond acceptors (Lipinski definition) is 2. The molecule has 0 heterocycles. The van der Waals surface area contributed by atoms with Crippen LogP contribution in [0.1, 0.15) is 19.4 Å². The smallest absolute Gasteiger partial charge is 0.130 e.